The normalized spacial score (nSPS) is 10.5. The number of anilines is 2. The van der Waals surface area contributed by atoms with Gasteiger partial charge in [-0.1, -0.05) is 11.6 Å². The van der Waals surface area contributed by atoms with E-state index in [2.05, 4.69) is 0 Å². The molecular weight excluding hydrogens is 354 g/mol. The Kier molecular flexibility index (Phi) is 5.69. The highest BCUT2D eigenvalue weighted by atomic mass is 35.5. The zero-order valence-corrected chi connectivity index (χ0v) is 14.7. The van der Waals surface area contributed by atoms with Gasteiger partial charge in [0.15, 0.2) is 11.6 Å². The SMILES string of the molecule is COc1cc(Cl)c(N)cc1N(Cc1c(OC)ccc(F)c1F)C(C)=O. The minimum Gasteiger partial charge on any atom is -0.496 e. The number of carbonyl (C=O) groups is 1. The molecule has 0 aliphatic carbocycles. The first-order valence-corrected chi connectivity index (χ1v) is 7.59. The second-order valence-corrected chi connectivity index (χ2v) is 5.60. The predicted octanol–water partition coefficient (Wildman–Crippen LogP) is 3.77. The number of amides is 1. The molecular formula is C17H17ClF2N2O3. The summed E-state index contributed by atoms with van der Waals surface area (Å²) < 4.78 is 38.2. The van der Waals surface area contributed by atoms with Crippen molar-refractivity contribution in [2.75, 3.05) is 24.9 Å². The lowest BCUT2D eigenvalue weighted by molar-refractivity contribution is -0.116. The van der Waals surface area contributed by atoms with Crippen LogP contribution < -0.4 is 20.1 Å². The Morgan fingerprint density at radius 3 is 2.40 bits per heavy atom. The van der Waals surface area contributed by atoms with Gasteiger partial charge in [-0.3, -0.25) is 4.79 Å². The van der Waals surface area contributed by atoms with Crippen LogP contribution in [0.5, 0.6) is 11.5 Å². The van der Waals surface area contributed by atoms with Crippen molar-refractivity contribution in [3.63, 3.8) is 0 Å². The van der Waals surface area contributed by atoms with Gasteiger partial charge >= 0.3 is 0 Å². The minimum atomic E-state index is -1.09. The van der Waals surface area contributed by atoms with Gasteiger partial charge in [-0.2, -0.15) is 0 Å². The Hall–Kier alpha value is -2.54. The smallest absolute Gasteiger partial charge is 0.224 e. The molecule has 2 rings (SSSR count). The molecule has 8 heteroatoms. The third-order valence-corrected chi connectivity index (χ3v) is 3.99. The van der Waals surface area contributed by atoms with Gasteiger partial charge in [0, 0.05) is 13.0 Å². The van der Waals surface area contributed by atoms with Crippen LogP contribution in [0, 0.1) is 11.6 Å². The molecule has 2 aromatic rings. The number of nitrogens with two attached hydrogens (primary N) is 1. The number of methoxy groups -OCH3 is 2. The van der Waals surface area contributed by atoms with Crippen LogP contribution in [0.25, 0.3) is 0 Å². The number of carbonyl (C=O) groups excluding carboxylic acids is 1. The van der Waals surface area contributed by atoms with Gasteiger partial charge in [0.25, 0.3) is 0 Å². The summed E-state index contributed by atoms with van der Waals surface area (Å²) >= 11 is 5.96. The molecule has 25 heavy (non-hydrogen) atoms. The predicted molar refractivity (Wildman–Crippen MR) is 92.2 cm³/mol. The second-order valence-electron chi connectivity index (χ2n) is 5.19. The molecule has 2 N–H and O–H groups in total. The fraction of sp³-hybridized carbons (Fsp3) is 0.235. The van der Waals surface area contributed by atoms with E-state index in [1.54, 1.807) is 0 Å². The Morgan fingerprint density at radius 2 is 1.84 bits per heavy atom. The molecule has 0 fully saturated rings. The van der Waals surface area contributed by atoms with E-state index in [4.69, 9.17) is 26.8 Å². The molecule has 0 atom stereocenters. The molecule has 0 heterocycles. The Morgan fingerprint density at radius 1 is 1.20 bits per heavy atom. The van der Waals surface area contributed by atoms with E-state index >= 15 is 0 Å². The van der Waals surface area contributed by atoms with E-state index < -0.39 is 17.5 Å². The molecule has 0 aliphatic heterocycles. The van der Waals surface area contributed by atoms with Crippen LogP contribution >= 0.6 is 11.6 Å². The largest absolute Gasteiger partial charge is 0.496 e. The van der Waals surface area contributed by atoms with Crippen molar-refractivity contribution >= 4 is 28.9 Å². The van der Waals surface area contributed by atoms with Crippen LogP contribution in [-0.4, -0.2) is 20.1 Å². The lowest BCUT2D eigenvalue weighted by atomic mass is 10.1. The monoisotopic (exact) mass is 370 g/mol. The number of nitrogen functional groups attached to an aromatic ring is 1. The van der Waals surface area contributed by atoms with Crippen LogP contribution in [0.2, 0.25) is 5.02 Å². The number of nitrogens with zero attached hydrogens (tertiary/aromatic N) is 1. The average Bonchev–Trinajstić information content (AvgIpc) is 2.58. The molecule has 134 valence electrons. The molecule has 0 saturated heterocycles. The number of rotatable bonds is 5. The van der Waals surface area contributed by atoms with Gasteiger partial charge in [0.05, 0.1) is 42.7 Å². The maximum Gasteiger partial charge on any atom is 0.224 e. The summed E-state index contributed by atoms with van der Waals surface area (Å²) in [4.78, 5) is 13.3. The standard InChI is InChI=1S/C17H17ClF2N2O3/c1-9(23)22(14-7-13(21)11(18)6-16(14)25-3)8-10-15(24-2)5-4-12(19)17(10)20/h4-7H,8,21H2,1-3H3. The highest BCUT2D eigenvalue weighted by Crippen LogP contribution is 2.37. The summed E-state index contributed by atoms with van der Waals surface area (Å²) in [6.07, 6.45) is 0. The first-order chi connectivity index (χ1) is 11.8. The molecule has 0 aliphatic rings. The topological polar surface area (TPSA) is 64.8 Å². The lowest BCUT2D eigenvalue weighted by Gasteiger charge is -2.25. The lowest BCUT2D eigenvalue weighted by Crippen LogP contribution is -2.29. The van der Waals surface area contributed by atoms with Gasteiger partial charge in [0.1, 0.15) is 11.5 Å². The maximum absolute atomic E-state index is 14.2. The molecule has 0 radical (unpaired) electrons. The van der Waals surface area contributed by atoms with Crippen molar-refractivity contribution in [1.29, 1.82) is 0 Å². The fourth-order valence-corrected chi connectivity index (χ4v) is 2.53. The first-order valence-electron chi connectivity index (χ1n) is 7.22. The number of hydrogen-bond acceptors (Lipinski definition) is 4. The van der Waals surface area contributed by atoms with Gasteiger partial charge in [-0.25, -0.2) is 8.78 Å². The summed E-state index contributed by atoms with van der Waals surface area (Å²) in [6.45, 7) is 1.01. The van der Waals surface area contributed by atoms with Crippen molar-refractivity contribution in [3.8, 4) is 11.5 Å². The molecule has 0 unspecified atom stereocenters. The Balaban J connectivity index is 2.57. The highest BCUT2D eigenvalue weighted by Gasteiger charge is 2.23. The number of benzene rings is 2. The van der Waals surface area contributed by atoms with Gasteiger partial charge in [-0.15, -0.1) is 0 Å². The van der Waals surface area contributed by atoms with E-state index in [-0.39, 0.29) is 40.0 Å². The molecule has 0 saturated carbocycles. The average molecular weight is 371 g/mol. The summed E-state index contributed by atoms with van der Waals surface area (Å²) in [6, 6.07) is 5.13. The van der Waals surface area contributed by atoms with Crippen LogP contribution in [0.1, 0.15) is 12.5 Å². The van der Waals surface area contributed by atoms with Crippen molar-refractivity contribution in [1.82, 2.24) is 0 Å². The van der Waals surface area contributed by atoms with Gasteiger partial charge in [0.2, 0.25) is 5.91 Å². The molecule has 1 amide bonds. The van der Waals surface area contributed by atoms with E-state index in [9.17, 15) is 13.6 Å². The second kappa shape index (κ2) is 7.57. The molecule has 2 aromatic carbocycles. The highest BCUT2D eigenvalue weighted by molar-refractivity contribution is 6.33. The summed E-state index contributed by atoms with van der Waals surface area (Å²) in [5.41, 5.74) is 6.20. The number of hydrogen-bond donors (Lipinski definition) is 1. The van der Waals surface area contributed by atoms with Crippen LogP contribution in [-0.2, 0) is 11.3 Å². The molecule has 5 nitrogen and oxygen atoms in total. The van der Waals surface area contributed by atoms with Crippen molar-refractivity contribution in [2.24, 2.45) is 0 Å². The van der Waals surface area contributed by atoms with Crippen molar-refractivity contribution in [2.45, 2.75) is 13.5 Å². The van der Waals surface area contributed by atoms with E-state index in [0.717, 1.165) is 6.07 Å². The van der Waals surface area contributed by atoms with Gasteiger partial charge < -0.3 is 20.1 Å². The molecule has 0 aromatic heterocycles. The minimum absolute atomic E-state index is 0.103. The van der Waals surface area contributed by atoms with E-state index in [1.165, 1.54) is 44.2 Å². The quantitative estimate of drug-likeness (QED) is 0.814. The molecule has 0 spiro atoms. The molecule has 0 bridgehead atoms. The summed E-state index contributed by atoms with van der Waals surface area (Å²) in [5.74, 6) is -2.17. The third kappa shape index (κ3) is 3.76. The summed E-state index contributed by atoms with van der Waals surface area (Å²) in [7, 11) is 2.72. The zero-order chi connectivity index (χ0) is 18.7. The Bertz CT molecular complexity index is 815. The fourth-order valence-electron chi connectivity index (χ4n) is 2.37. The van der Waals surface area contributed by atoms with Crippen molar-refractivity contribution in [3.05, 3.63) is 46.5 Å². The van der Waals surface area contributed by atoms with Crippen LogP contribution in [0.3, 0.4) is 0 Å². The zero-order valence-electron chi connectivity index (χ0n) is 13.9. The first kappa shape index (κ1) is 18.8. The van der Waals surface area contributed by atoms with E-state index in [0.29, 0.717) is 0 Å². The maximum atomic E-state index is 14.2. The number of halogens is 3. The van der Waals surface area contributed by atoms with Crippen molar-refractivity contribution < 1.29 is 23.0 Å². The third-order valence-electron chi connectivity index (χ3n) is 3.66. The summed E-state index contributed by atoms with van der Waals surface area (Å²) in [5, 5.41) is 0.249. The van der Waals surface area contributed by atoms with E-state index in [1.807, 2.05) is 0 Å². The van der Waals surface area contributed by atoms with Gasteiger partial charge in [-0.05, 0) is 18.2 Å². The van der Waals surface area contributed by atoms with Crippen LogP contribution in [0.15, 0.2) is 24.3 Å². The Labute approximate surface area is 148 Å². The number of ether oxygens (including phenoxy) is 2. The van der Waals surface area contributed by atoms with Crippen LogP contribution in [0.4, 0.5) is 20.2 Å².